The average molecular weight is 623 g/mol. The van der Waals surface area contributed by atoms with Crippen LogP contribution in [-0.2, 0) is 44.7 Å². The minimum atomic E-state index is -1.47. The van der Waals surface area contributed by atoms with Gasteiger partial charge in [0.25, 0.3) is 0 Å². The number of carboxylic acid groups (broad SMARTS) is 1. The second kappa shape index (κ2) is 19.2. The van der Waals surface area contributed by atoms with Crippen molar-refractivity contribution in [1.82, 2.24) is 26.6 Å². The van der Waals surface area contributed by atoms with Crippen LogP contribution >= 0.6 is 0 Å². The molecule has 0 bridgehead atoms. The Kier molecular flexibility index (Phi) is 16.6. The van der Waals surface area contributed by atoms with E-state index in [-0.39, 0.29) is 25.4 Å². The second-order valence-corrected chi connectivity index (χ2v) is 10.7. The third-order valence-electron chi connectivity index (χ3n) is 6.64. The molecule has 0 radical (unpaired) electrons. The molecule has 0 spiro atoms. The first-order valence-electron chi connectivity index (χ1n) is 14.2. The van der Waals surface area contributed by atoms with Crippen LogP contribution in [-0.4, -0.2) is 105 Å². The molecule has 8 N–H and O–H groups in total. The Hall–Kier alpha value is -4.08. The fourth-order valence-electron chi connectivity index (χ4n) is 4.10. The average Bonchev–Trinajstić information content (AvgIpc) is 2.98. The normalized spacial score (nSPS) is 15.1. The van der Waals surface area contributed by atoms with E-state index in [0.29, 0.717) is 5.56 Å². The summed E-state index contributed by atoms with van der Waals surface area (Å²) < 4.78 is 10.1. The number of ether oxygens (including phenoxy) is 2. The van der Waals surface area contributed by atoms with E-state index in [2.05, 4.69) is 26.6 Å². The van der Waals surface area contributed by atoms with Crippen molar-refractivity contribution in [3.05, 3.63) is 35.9 Å². The van der Waals surface area contributed by atoms with Gasteiger partial charge in [-0.3, -0.25) is 24.0 Å². The minimum absolute atomic E-state index is 0.0343. The monoisotopic (exact) mass is 622 g/mol. The van der Waals surface area contributed by atoms with Gasteiger partial charge in [-0.15, -0.1) is 0 Å². The van der Waals surface area contributed by atoms with Crippen LogP contribution in [0.25, 0.3) is 0 Å². The molecule has 0 heterocycles. The molecule has 6 atom stereocenters. The summed E-state index contributed by atoms with van der Waals surface area (Å²) in [7, 11) is 4.06. The molecule has 0 fully saturated rings. The van der Waals surface area contributed by atoms with Gasteiger partial charge >= 0.3 is 5.97 Å². The number of nitrogens with two attached hydrogens (primary N) is 1. The van der Waals surface area contributed by atoms with Crippen LogP contribution in [0.3, 0.4) is 0 Å². The van der Waals surface area contributed by atoms with Gasteiger partial charge in [0.15, 0.2) is 0 Å². The summed E-state index contributed by atoms with van der Waals surface area (Å²) in [4.78, 5) is 76.7. The largest absolute Gasteiger partial charge is 0.480 e. The zero-order chi connectivity index (χ0) is 33.4. The molecule has 0 aromatic heterocycles. The highest BCUT2D eigenvalue weighted by Crippen LogP contribution is 2.09. The third kappa shape index (κ3) is 13.1. The summed E-state index contributed by atoms with van der Waals surface area (Å²) in [6.45, 7) is 5.07. The van der Waals surface area contributed by atoms with Crippen molar-refractivity contribution in [2.75, 3.05) is 27.9 Å². The third-order valence-corrected chi connectivity index (χ3v) is 6.64. The Balaban J connectivity index is 3.19. The van der Waals surface area contributed by atoms with E-state index in [1.165, 1.54) is 21.3 Å². The zero-order valence-electron chi connectivity index (χ0n) is 26.0. The van der Waals surface area contributed by atoms with Crippen molar-refractivity contribution in [2.24, 2.45) is 11.7 Å². The van der Waals surface area contributed by atoms with E-state index in [4.69, 9.17) is 15.2 Å². The Bertz CT molecular complexity index is 1120. The minimum Gasteiger partial charge on any atom is -0.480 e. The van der Waals surface area contributed by atoms with Crippen molar-refractivity contribution < 1.29 is 43.3 Å². The Morgan fingerprint density at radius 1 is 0.818 bits per heavy atom. The first-order valence-corrected chi connectivity index (χ1v) is 14.2. The predicted molar refractivity (Wildman–Crippen MR) is 160 cm³/mol. The highest BCUT2D eigenvalue weighted by Gasteiger charge is 2.34. The lowest BCUT2D eigenvalue weighted by Gasteiger charge is -2.28. The zero-order valence-corrected chi connectivity index (χ0v) is 26.0. The standard InChI is InChI=1S/C29H46N6O9/c1-16(2)12-20(33-28(40)24(17(3)44-6)35-25(37)19(30)15-43-5)26(38)32-21(14-23(36)31-4)27(39)34-22(29(41)42)13-18-10-8-7-9-11-18/h7-11,16-17,19-22,24H,12-15,30H2,1-6H3,(H,31,36)(H,32,38)(H,33,40)(H,34,39)(H,35,37)(H,41,42)/t17-,19+,20+,21+,22+,24+/m1/s1. The summed E-state index contributed by atoms with van der Waals surface area (Å²) >= 11 is 0. The topological polar surface area (TPSA) is 227 Å². The highest BCUT2D eigenvalue weighted by atomic mass is 16.5. The molecule has 0 aliphatic carbocycles. The van der Waals surface area contributed by atoms with Crippen molar-refractivity contribution in [2.45, 2.75) is 76.3 Å². The molecular formula is C29H46N6O9. The second-order valence-electron chi connectivity index (χ2n) is 10.7. The van der Waals surface area contributed by atoms with E-state index in [1.54, 1.807) is 37.3 Å². The summed E-state index contributed by atoms with van der Waals surface area (Å²) in [5.41, 5.74) is 6.44. The number of carbonyl (C=O) groups excluding carboxylic acids is 5. The van der Waals surface area contributed by atoms with Crippen LogP contribution < -0.4 is 32.3 Å². The van der Waals surface area contributed by atoms with Crippen LogP contribution in [0, 0.1) is 5.92 Å². The first-order chi connectivity index (χ1) is 20.7. The maximum Gasteiger partial charge on any atom is 0.326 e. The van der Waals surface area contributed by atoms with Crippen molar-refractivity contribution in [1.29, 1.82) is 0 Å². The van der Waals surface area contributed by atoms with Gasteiger partial charge in [0.1, 0.15) is 30.2 Å². The van der Waals surface area contributed by atoms with Crippen molar-refractivity contribution in [3.63, 3.8) is 0 Å². The first kappa shape index (κ1) is 37.9. The lowest BCUT2D eigenvalue weighted by molar-refractivity contribution is -0.142. The van der Waals surface area contributed by atoms with E-state index in [0.717, 1.165) is 0 Å². The Morgan fingerprint density at radius 2 is 1.39 bits per heavy atom. The fourth-order valence-corrected chi connectivity index (χ4v) is 4.10. The number of carboxylic acids is 1. The number of methoxy groups -OCH3 is 2. The Labute approximate surface area is 257 Å². The number of hydrogen-bond donors (Lipinski definition) is 7. The number of nitrogens with one attached hydrogen (secondary N) is 5. The molecule has 15 heteroatoms. The van der Waals surface area contributed by atoms with E-state index >= 15 is 0 Å². The van der Waals surface area contributed by atoms with Gasteiger partial charge in [0, 0.05) is 27.7 Å². The van der Waals surface area contributed by atoms with Crippen LogP contribution in [0.5, 0.6) is 0 Å². The molecule has 0 unspecified atom stereocenters. The Morgan fingerprint density at radius 3 is 1.91 bits per heavy atom. The van der Waals surface area contributed by atoms with Crippen LogP contribution in [0.4, 0.5) is 0 Å². The van der Waals surface area contributed by atoms with Gasteiger partial charge in [-0.05, 0) is 24.8 Å². The number of rotatable bonds is 19. The highest BCUT2D eigenvalue weighted by molar-refractivity contribution is 5.97. The van der Waals surface area contributed by atoms with E-state index in [1.807, 2.05) is 13.8 Å². The molecule has 1 aromatic carbocycles. The molecule has 44 heavy (non-hydrogen) atoms. The van der Waals surface area contributed by atoms with Gasteiger partial charge in [-0.2, -0.15) is 0 Å². The SMILES string of the molecule is CNC(=O)C[C@H](NC(=O)[C@H](CC(C)C)NC(=O)[C@@H](NC(=O)[C@@H](N)COC)[C@@H](C)OC)C(=O)N[C@@H](Cc1ccccc1)C(=O)O. The lowest BCUT2D eigenvalue weighted by Crippen LogP contribution is -2.61. The molecular weight excluding hydrogens is 576 g/mol. The molecule has 0 aliphatic heterocycles. The molecule has 0 saturated carbocycles. The number of amides is 5. The van der Waals surface area contributed by atoms with E-state index in [9.17, 15) is 33.9 Å². The number of aliphatic carboxylic acids is 1. The number of carbonyl (C=O) groups is 6. The van der Waals surface area contributed by atoms with Gasteiger partial charge in [-0.25, -0.2) is 4.79 Å². The van der Waals surface area contributed by atoms with Crippen LogP contribution in [0.15, 0.2) is 30.3 Å². The molecule has 15 nitrogen and oxygen atoms in total. The molecule has 1 rings (SSSR count). The molecule has 0 saturated heterocycles. The van der Waals surface area contributed by atoms with E-state index < -0.39 is 78.2 Å². The summed E-state index contributed by atoms with van der Waals surface area (Å²) in [6.07, 6.45) is -1.22. The van der Waals surface area contributed by atoms with Gasteiger partial charge < -0.3 is 46.9 Å². The van der Waals surface area contributed by atoms with Crippen molar-refractivity contribution >= 4 is 35.5 Å². The molecule has 1 aromatic rings. The molecule has 246 valence electrons. The fraction of sp³-hybridized carbons (Fsp3) is 0.586. The van der Waals surface area contributed by atoms with Crippen molar-refractivity contribution in [3.8, 4) is 0 Å². The number of hydrogen-bond acceptors (Lipinski definition) is 9. The summed E-state index contributed by atoms with van der Waals surface area (Å²) in [5, 5.41) is 22.1. The lowest BCUT2D eigenvalue weighted by atomic mass is 10.0. The molecule has 0 aliphatic rings. The van der Waals surface area contributed by atoms with Crippen LogP contribution in [0.1, 0.15) is 39.2 Å². The molecule has 5 amide bonds. The van der Waals surface area contributed by atoms with Gasteiger partial charge in [-0.1, -0.05) is 44.2 Å². The van der Waals surface area contributed by atoms with Crippen LogP contribution in [0.2, 0.25) is 0 Å². The maximum atomic E-state index is 13.5. The number of benzene rings is 1. The summed E-state index contributed by atoms with van der Waals surface area (Å²) in [5.74, 6) is -5.12. The predicted octanol–water partition coefficient (Wildman–Crippen LogP) is -1.56. The quantitative estimate of drug-likeness (QED) is 0.0939. The smallest absolute Gasteiger partial charge is 0.326 e. The van der Waals surface area contributed by atoms with Gasteiger partial charge in [0.05, 0.1) is 19.1 Å². The maximum absolute atomic E-state index is 13.5. The van der Waals surface area contributed by atoms with Gasteiger partial charge in [0.2, 0.25) is 29.5 Å². The summed E-state index contributed by atoms with van der Waals surface area (Å²) in [6, 6.07) is 2.33.